The quantitative estimate of drug-likeness (QED) is 0.565. The fourth-order valence-electron chi connectivity index (χ4n) is 4.18. The molecule has 0 radical (unpaired) electrons. The molecular weight excluding hydrogens is 372 g/mol. The molecule has 1 aliphatic heterocycles. The number of piperidine rings is 1. The molecule has 6 nitrogen and oxygen atoms in total. The van der Waals surface area contributed by atoms with Crippen LogP contribution in [0.4, 0.5) is 5.69 Å². The molecule has 0 aliphatic carbocycles. The first-order valence-corrected chi connectivity index (χ1v) is 11.2. The normalized spacial score (nSPS) is 16.6. The molecule has 6 heteroatoms. The Morgan fingerprint density at radius 3 is 2.43 bits per heavy atom. The molecule has 1 saturated heterocycles. The number of aromatic nitrogens is 2. The van der Waals surface area contributed by atoms with Crippen molar-refractivity contribution >= 4 is 11.6 Å². The Balaban J connectivity index is 1.50. The first kappa shape index (κ1) is 22.2. The summed E-state index contributed by atoms with van der Waals surface area (Å²) in [6.45, 7) is 11.8. The van der Waals surface area contributed by atoms with E-state index in [2.05, 4.69) is 77.6 Å². The second-order valence-electron chi connectivity index (χ2n) is 8.78. The van der Waals surface area contributed by atoms with E-state index in [1.54, 1.807) is 0 Å². The third-order valence-corrected chi connectivity index (χ3v) is 6.32. The lowest BCUT2D eigenvalue weighted by Crippen LogP contribution is -2.42. The Bertz CT molecular complexity index is 843. The fourth-order valence-corrected chi connectivity index (χ4v) is 4.18. The Kier molecular flexibility index (Phi) is 7.40. The van der Waals surface area contributed by atoms with Crippen molar-refractivity contribution in [2.45, 2.75) is 59.5 Å². The number of guanidine groups is 1. The van der Waals surface area contributed by atoms with E-state index in [-0.39, 0.29) is 6.04 Å². The van der Waals surface area contributed by atoms with Crippen LogP contribution in [-0.2, 0) is 20.0 Å². The van der Waals surface area contributed by atoms with Crippen LogP contribution in [0.3, 0.4) is 0 Å². The van der Waals surface area contributed by atoms with Crippen LogP contribution in [0.5, 0.6) is 0 Å². The van der Waals surface area contributed by atoms with Gasteiger partial charge < -0.3 is 15.5 Å². The molecule has 3 rings (SSSR count). The largest absolute Gasteiger partial charge is 0.372 e. The Labute approximate surface area is 181 Å². The summed E-state index contributed by atoms with van der Waals surface area (Å²) in [5.41, 5.74) is 6.25. The van der Waals surface area contributed by atoms with Crippen molar-refractivity contribution in [1.29, 1.82) is 0 Å². The lowest BCUT2D eigenvalue weighted by molar-refractivity contribution is 0.438. The number of benzene rings is 1. The van der Waals surface area contributed by atoms with Gasteiger partial charge in [0.1, 0.15) is 0 Å². The van der Waals surface area contributed by atoms with E-state index in [0.717, 1.165) is 30.5 Å². The maximum atomic E-state index is 4.52. The van der Waals surface area contributed by atoms with E-state index in [1.807, 2.05) is 18.8 Å². The van der Waals surface area contributed by atoms with Crippen LogP contribution in [-0.4, -0.2) is 41.9 Å². The predicted molar refractivity (Wildman–Crippen MR) is 126 cm³/mol. The Morgan fingerprint density at radius 2 is 1.87 bits per heavy atom. The van der Waals surface area contributed by atoms with Gasteiger partial charge in [0, 0.05) is 51.2 Å². The van der Waals surface area contributed by atoms with Crippen LogP contribution in [0.15, 0.2) is 29.3 Å². The number of hydrogen-bond acceptors (Lipinski definition) is 3. The highest BCUT2D eigenvalue weighted by Crippen LogP contribution is 2.23. The Morgan fingerprint density at radius 1 is 1.20 bits per heavy atom. The molecule has 1 aromatic heterocycles. The maximum Gasteiger partial charge on any atom is 0.191 e. The molecule has 1 atom stereocenters. The van der Waals surface area contributed by atoms with Crippen LogP contribution in [0, 0.1) is 19.8 Å². The number of nitrogens with one attached hydrogen (secondary N) is 2. The van der Waals surface area contributed by atoms with Gasteiger partial charge in [-0.15, -0.1) is 0 Å². The topological polar surface area (TPSA) is 57.5 Å². The fraction of sp³-hybridized carbons (Fsp3) is 0.583. The summed E-state index contributed by atoms with van der Waals surface area (Å²) >= 11 is 0. The van der Waals surface area contributed by atoms with Crippen LogP contribution in [0.25, 0.3) is 0 Å². The third kappa shape index (κ3) is 5.55. The monoisotopic (exact) mass is 410 g/mol. The van der Waals surface area contributed by atoms with Crippen LogP contribution in [0.1, 0.15) is 49.2 Å². The van der Waals surface area contributed by atoms with Crippen LogP contribution >= 0.6 is 0 Å². The molecule has 2 heterocycles. The highest BCUT2D eigenvalue weighted by atomic mass is 15.3. The predicted octanol–water partition coefficient (Wildman–Crippen LogP) is 3.57. The number of rotatable bonds is 6. The summed E-state index contributed by atoms with van der Waals surface area (Å²) < 4.78 is 1.96. The number of nitrogens with zero attached hydrogens (tertiary/aromatic N) is 4. The Hall–Kier alpha value is -2.50. The summed E-state index contributed by atoms with van der Waals surface area (Å²) in [7, 11) is 3.82. The third-order valence-electron chi connectivity index (χ3n) is 6.32. The first-order valence-electron chi connectivity index (χ1n) is 11.2. The van der Waals surface area contributed by atoms with Gasteiger partial charge in [-0.05, 0) is 69.2 Å². The zero-order valence-corrected chi connectivity index (χ0v) is 19.5. The van der Waals surface area contributed by atoms with Crippen molar-refractivity contribution in [3.63, 3.8) is 0 Å². The van der Waals surface area contributed by atoms with Gasteiger partial charge in [-0.1, -0.05) is 19.1 Å². The minimum atomic E-state index is 0.265. The van der Waals surface area contributed by atoms with E-state index in [9.17, 15) is 0 Å². The lowest BCUT2D eigenvalue weighted by Gasteiger charge is -2.32. The minimum absolute atomic E-state index is 0.265. The number of hydrogen-bond donors (Lipinski definition) is 2. The van der Waals surface area contributed by atoms with Gasteiger partial charge in [0.25, 0.3) is 0 Å². The number of aliphatic imine (C=N–C) groups is 1. The van der Waals surface area contributed by atoms with Gasteiger partial charge in [0.05, 0.1) is 5.69 Å². The first-order chi connectivity index (χ1) is 14.4. The highest BCUT2D eigenvalue weighted by Gasteiger charge is 2.16. The summed E-state index contributed by atoms with van der Waals surface area (Å²) in [5.74, 6) is 1.69. The van der Waals surface area contributed by atoms with Crippen molar-refractivity contribution in [2.75, 3.05) is 25.0 Å². The second kappa shape index (κ2) is 10.0. The summed E-state index contributed by atoms with van der Waals surface area (Å²) in [6.07, 6.45) is 3.51. The minimum Gasteiger partial charge on any atom is -0.372 e. The van der Waals surface area contributed by atoms with Crippen LogP contribution < -0.4 is 15.5 Å². The van der Waals surface area contributed by atoms with E-state index in [1.165, 1.54) is 48.4 Å². The highest BCUT2D eigenvalue weighted by molar-refractivity contribution is 5.80. The van der Waals surface area contributed by atoms with Crippen molar-refractivity contribution in [1.82, 2.24) is 20.4 Å². The summed E-state index contributed by atoms with van der Waals surface area (Å²) in [6, 6.07) is 9.21. The SMILES string of the molecule is CN=C(NCc1ccc(N2CCC(C)CC2)cc1)NC(C)Cc1c(C)nn(C)c1C. The maximum absolute atomic E-state index is 4.52. The molecule has 30 heavy (non-hydrogen) atoms. The molecule has 1 fully saturated rings. The van der Waals surface area contributed by atoms with Crippen LogP contribution in [0.2, 0.25) is 0 Å². The van der Waals surface area contributed by atoms with Crippen molar-refractivity contribution in [3.8, 4) is 0 Å². The number of anilines is 1. The number of aryl methyl sites for hydroxylation is 2. The zero-order valence-electron chi connectivity index (χ0n) is 19.5. The molecule has 1 aromatic carbocycles. The van der Waals surface area contributed by atoms with Gasteiger partial charge in [-0.25, -0.2) is 0 Å². The van der Waals surface area contributed by atoms with Crippen molar-refractivity contribution < 1.29 is 0 Å². The molecule has 0 spiro atoms. The van der Waals surface area contributed by atoms with Gasteiger partial charge in [-0.3, -0.25) is 9.67 Å². The zero-order chi connectivity index (χ0) is 21.7. The lowest BCUT2D eigenvalue weighted by atomic mass is 9.99. The smallest absolute Gasteiger partial charge is 0.191 e. The van der Waals surface area contributed by atoms with Crippen molar-refractivity contribution in [3.05, 3.63) is 46.8 Å². The van der Waals surface area contributed by atoms with Crippen molar-refractivity contribution in [2.24, 2.45) is 18.0 Å². The van der Waals surface area contributed by atoms with Gasteiger partial charge in [0.2, 0.25) is 0 Å². The molecule has 0 saturated carbocycles. The molecule has 164 valence electrons. The molecule has 2 N–H and O–H groups in total. The average Bonchev–Trinajstić information content (AvgIpc) is 2.98. The molecule has 0 bridgehead atoms. The molecular formula is C24H38N6. The average molecular weight is 411 g/mol. The summed E-state index contributed by atoms with van der Waals surface area (Å²) in [4.78, 5) is 6.90. The molecule has 1 unspecified atom stereocenters. The van der Waals surface area contributed by atoms with E-state index in [4.69, 9.17) is 0 Å². The van der Waals surface area contributed by atoms with E-state index >= 15 is 0 Å². The van der Waals surface area contributed by atoms with Gasteiger partial charge in [-0.2, -0.15) is 5.10 Å². The summed E-state index contributed by atoms with van der Waals surface area (Å²) in [5, 5.41) is 11.5. The van der Waals surface area contributed by atoms with E-state index in [0.29, 0.717) is 0 Å². The molecule has 0 amide bonds. The van der Waals surface area contributed by atoms with Gasteiger partial charge >= 0.3 is 0 Å². The van der Waals surface area contributed by atoms with Gasteiger partial charge in [0.15, 0.2) is 5.96 Å². The second-order valence-corrected chi connectivity index (χ2v) is 8.78. The standard InChI is InChI=1S/C24H38N6/c1-17-11-13-30(14-12-17)22-9-7-21(8-10-22)16-26-24(25-5)27-18(2)15-23-19(3)28-29(6)20(23)4/h7-10,17-18H,11-16H2,1-6H3,(H2,25,26,27). The van der Waals surface area contributed by atoms with E-state index < -0.39 is 0 Å². The molecule has 1 aliphatic rings. The molecule has 2 aromatic rings.